The third-order valence-corrected chi connectivity index (χ3v) is 1.43. The van der Waals surface area contributed by atoms with E-state index in [1.165, 1.54) is 0 Å². The Morgan fingerprint density at radius 2 is 1.86 bits per heavy atom. The van der Waals surface area contributed by atoms with E-state index in [0.717, 1.165) is 19.1 Å². The summed E-state index contributed by atoms with van der Waals surface area (Å²) in [7, 11) is 0. The smallest absolute Gasteiger partial charge is 0.412 e. The number of halogens is 3. The Kier molecular flexibility index (Phi) is 4.14. The summed E-state index contributed by atoms with van der Waals surface area (Å²) in [6.07, 6.45) is -1.90. The summed E-state index contributed by atoms with van der Waals surface area (Å²) < 4.78 is 35.8. The Morgan fingerprint density at radius 3 is 2.14 bits per heavy atom. The average Bonchev–Trinajstić information content (AvgIpc) is 2.02. The molecule has 0 saturated carbocycles. The molecule has 0 aliphatic heterocycles. The van der Waals surface area contributed by atoms with Crippen molar-refractivity contribution in [3.05, 3.63) is 36.0 Å². The van der Waals surface area contributed by atoms with Gasteiger partial charge in [-0.2, -0.15) is 13.2 Å². The van der Waals surface area contributed by atoms with Gasteiger partial charge in [0.1, 0.15) is 0 Å². The van der Waals surface area contributed by atoms with E-state index in [1.807, 2.05) is 0 Å². The molecule has 5 heteroatoms. The van der Waals surface area contributed by atoms with Gasteiger partial charge in [0.15, 0.2) is 0 Å². The molecule has 0 amide bonds. The van der Waals surface area contributed by atoms with E-state index in [-0.39, 0.29) is 5.57 Å². The van der Waals surface area contributed by atoms with Gasteiger partial charge in [0.25, 0.3) is 0 Å². The third-order valence-electron chi connectivity index (χ3n) is 1.43. The molecule has 1 N–H and O–H groups in total. The quantitative estimate of drug-likeness (QED) is 0.569. The largest absolute Gasteiger partial charge is 0.478 e. The van der Waals surface area contributed by atoms with E-state index < -0.39 is 17.7 Å². The van der Waals surface area contributed by atoms with Crippen molar-refractivity contribution in [2.45, 2.75) is 13.1 Å². The van der Waals surface area contributed by atoms with E-state index in [2.05, 4.69) is 6.58 Å². The first kappa shape index (κ1) is 12.5. The lowest BCUT2D eigenvalue weighted by Gasteiger charge is -2.04. The predicted octanol–water partition coefficient (Wildman–Crippen LogP) is 2.69. The first-order chi connectivity index (χ1) is 6.29. The van der Waals surface area contributed by atoms with Gasteiger partial charge in [-0.3, -0.25) is 0 Å². The second-order valence-corrected chi connectivity index (χ2v) is 2.48. The zero-order valence-corrected chi connectivity index (χ0v) is 7.43. The Bertz CT molecular complexity index is 298. The highest BCUT2D eigenvalue weighted by Gasteiger charge is 2.29. The van der Waals surface area contributed by atoms with Crippen LogP contribution < -0.4 is 0 Å². The summed E-state index contributed by atoms with van der Waals surface area (Å²) >= 11 is 0. The first-order valence-electron chi connectivity index (χ1n) is 3.60. The number of hydrogen-bond acceptors (Lipinski definition) is 1. The number of carbonyl (C=O) groups is 1. The Balaban J connectivity index is 4.85. The summed E-state index contributed by atoms with van der Waals surface area (Å²) in [6.45, 7) is 4.02. The molecule has 0 rings (SSSR count). The van der Waals surface area contributed by atoms with Crippen molar-refractivity contribution in [3.63, 3.8) is 0 Å². The van der Waals surface area contributed by atoms with Crippen molar-refractivity contribution in [3.8, 4) is 0 Å². The number of aliphatic carboxylic acids is 1. The number of allylic oxidation sites excluding steroid dienone is 3. The molecule has 0 spiro atoms. The molecule has 0 fully saturated rings. The maximum absolute atomic E-state index is 11.9. The van der Waals surface area contributed by atoms with E-state index in [4.69, 9.17) is 5.11 Å². The molecule has 0 radical (unpaired) electrons. The second kappa shape index (κ2) is 4.64. The van der Waals surface area contributed by atoms with Gasteiger partial charge < -0.3 is 5.11 Å². The van der Waals surface area contributed by atoms with Crippen LogP contribution in [0.25, 0.3) is 0 Å². The molecule has 0 aromatic carbocycles. The van der Waals surface area contributed by atoms with Crippen LogP contribution in [-0.4, -0.2) is 17.3 Å². The molecule has 0 saturated heterocycles. The summed E-state index contributed by atoms with van der Waals surface area (Å²) in [5, 5.41) is 8.44. The predicted molar refractivity (Wildman–Crippen MR) is 45.7 cm³/mol. The molecule has 0 aliphatic carbocycles. The van der Waals surface area contributed by atoms with Crippen LogP contribution in [0.5, 0.6) is 0 Å². The highest BCUT2D eigenvalue weighted by atomic mass is 19.4. The Labute approximate surface area is 79.0 Å². The van der Waals surface area contributed by atoms with Crippen LogP contribution in [-0.2, 0) is 4.79 Å². The lowest BCUT2D eigenvalue weighted by atomic mass is 10.2. The molecular weight excluding hydrogens is 197 g/mol. The zero-order valence-electron chi connectivity index (χ0n) is 7.43. The van der Waals surface area contributed by atoms with Gasteiger partial charge in [-0.25, -0.2) is 4.79 Å². The van der Waals surface area contributed by atoms with E-state index in [9.17, 15) is 18.0 Å². The molecule has 0 heterocycles. The molecule has 0 unspecified atom stereocenters. The van der Waals surface area contributed by atoms with E-state index in [0.29, 0.717) is 6.08 Å². The fraction of sp³-hybridized carbons (Fsp3) is 0.222. The standard InChI is InChI=1S/C9H9F3O2/c1-3-7(8(13)14)5-4-6(2)9(10,11)12/h3-5H,1H2,2H3,(H,13,14)/b6-4+,7-5+. The maximum Gasteiger partial charge on any atom is 0.412 e. The van der Waals surface area contributed by atoms with Gasteiger partial charge in [0.05, 0.1) is 5.57 Å². The monoisotopic (exact) mass is 206 g/mol. The van der Waals surface area contributed by atoms with Crippen LogP contribution in [0, 0.1) is 0 Å². The van der Waals surface area contributed by atoms with Crippen LogP contribution in [0.3, 0.4) is 0 Å². The lowest BCUT2D eigenvalue weighted by Crippen LogP contribution is -2.08. The van der Waals surface area contributed by atoms with Crippen LogP contribution in [0.4, 0.5) is 13.2 Å². The van der Waals surface area contributed by atoms with Gasteiger partial charge in [-0.1, -0.05) is 18.7 Å². The number of rotatable bonds is 3. The maximum atomic E-state index is 11.9. The van der Waals surface area contributed by atoms with Gasteiger partial charge in [-0.15, -0.1) is 0 Å². The van der Waals surface area contributed by atoms with Crippen LogP contribution >= 0.6 is 0 Å². The van der Waals surface area contributed by atoms with Crippen molar-refractivity contribution in [1.29, 1.82) is 0 Å². The topological polar surface area (TPSA) is 37.3 Å². The Morgan fingerprint density at radius 1 is 1.36 bits per heavy atom. The minimum Gasteiger partial charge on any atom is -0.478 e. The number of carboxylic acids is 1. The first-order valence-corrected chi connectivity index (χ1v) is 3.60. The molecule has 0 bridgehead atoms. The van der Waals surface area contributed by atoms with Crippen molar-refractivity contribution >= 4 is 5.97 Å². The van der Waals surface area contributed by atoms with E-state index >= 15 is 0 Å². The third kappa shape index (κ3) is 3.93. The summed E-state index contributed by atoms with van der Waals surface area (Å²) in [5.74, 6) is -1.31. The molecule has 0 aliphatic rings. The average molecular weight is 206 g/mol. The van der Waals surface area contributed by atoms with Crippen LogP contribution in [0.2, 0.25) is 0 Å². The molecule has 0 aromatic heterocycles. The molecule has 78 valence electrons. The second-order valence-electron chi connectivity index (χ2n) is 2.48. The fourth-order valence-electron chi connectivity index (χ4n) is 0.536. The highest BCUT2D eigenvalue weighted by Crippen LogP contribution is 2.24. The normalized spacial score (nSPS) is 14.0. The van der Waals surface area contributed by atoms with Gasteiger partial charge in [-0.05, 0) is 13.0 Å². The van der Waals surface area contributed by atoms with Crippen molar-refractivity contribution in [1.82, 2.24) is 0 Å². The molecule has 0 aromatic rings. The van der Waals surface area contributed by atoms with Crippen LogP contribution in [0.15, 0.2) is 36.0 Å². The van der Waals surface area contributed by atoms with Gasteiger partial charge in [0, 0.05) is 5.57 Å². The summed E-state index contributed by atoms with van der Waals surface area (Å²) in [5.41, 5.74) is -1.15. The van der Waals surface area contributed by atoms with Gasteiger partial charge >= 0.3 is 12.1 Å². The van der Waals surface area contributed by atoms with Gasteiger partial charge in [0.2, 0.25) is 0 Å². The fourth-order valence-corrected chi connectivity index (χ4v) is 0.536. The molecular formula is C9H9F3O2. The Hall–Kier alpha value is -1.52. The van der Waals surface area contributed by atoms with Crippen LogP contribution in [0.1, 0.15) is 6.92 Å². The van der Waals surface area contributed by atoms with Crippen molar-refractivity contribution in [2.24, 2.45) is 0 Å². The molecule has 14 heavy (non-hydrogen) atoms. The molecule has 0 atom stereocenters. The number of hydrogen-bond donors (Lipinski definition) is 1. The lowest BCUT2D eigenvalue weighted by molar-refractivity contribution is -0.132. The number of carboxylic acid groups (broad SMARTS) is 1. The minimum absolute atomic E-state index is 0.284. The molecule has 2 nitrogen and oxygen atoms in total. The summed E-state index contributed by atoms with van der Waals surface area (Å²) in [6, 6.07) is 0. The number of alkyl halides is 3. The summed E-state index contributed by atoms with van der Waals surface area (Å²) in [4.78, 5) is 10.3. The zero-order chi connectivity index (χ0) is 11.4. The highest BCUT2D eigenvalue weighted by molar-refractivity contribution is 5.90. The van der Waals surface area contributed by atoms with E-state index in [1.54, 1.807) is 0 Å². The van der Waals surface area contributed by atoms with Crippen molar-refractivity contribution < 1.29 is 23.1 Å². The van der Waals surface area contributed by atoms with Crippen molar-refractivity contribution in [2.75, 3.05) is 0 Å². The minimum atomic E-state index is -4.43. The SMILES string of the molecule is C=C/C(=C\C=C(/C)C(F)(F)F)C(=O)O.